The Balaban J connectivity index is 1.83. The van der Waals surface area contributed by atoms with Crippen molar-refractivity contribution < 1.29 is 4.74 Å². The van der Waals surface area contributed by atoms with E-state index in [4.69, 9.17) is 4.74 Å². The van der Waals surface area contributed by atoms with Crippen LogP contribution in [0.15, 0.2) is 46.0 Å². The fourth-order valence-corrected chi connectivity index (χ4v) is 3.18. The van der Waals surface area contributed by atoms with Gasteiger partial charge in [0.2, 0.25) is 0 Å². The zero-order chi connectivity index (χ0) is 17.3. The Kier molecular flexibility index (Phi) is 4.69. The molecule has 0 aliphatic carbocycles. The molecule has 0 amide bonds. The van der Waals surface area contributed by atoms with Crippen molar-refractivity contribution in [2.45, 2.75) is 25.7 Å². The Morgan fingerprint density at radius 1 is 1.08 bits per heavy atom. The highest BCUT2D eigenvalue weighted by molar-refractivity contribution is 5.18. The third kappa shape index (κ3) is 3.34. The maximum absolute atomic E-state index is 12.1. The Labute approximate surface area is 140 Å². The van der Waals surface area contributed by atoms with E-state index in [0.29, 0.717) is 6.54 Å². The number of rotatable bonds is 3. The summed E-state index contributed by atoms with van der Waals surface area (Å²) in [7, 11) is 3.20. The Morgan fingerprint density at radius 2 is 1.79 bits per heavy atom. The van der Waals surface area contributed by atoms with Crippen LogP contribution in [0.3, 0.4) is 0 Å². The average Bonchev–Trinajstić information content (AvgIpc) is 2.58. The van der Waals surface area contributed by atoms with Crippen LogP contribution >= 0.6 is 0 Å². The quantitative estimate of drug-likeness (QED) is 0.844. The first-order valence-corrected chi connectivity index (χ1v) is 8.14. The molecule has 0 radical (unpaired) electrons. The van der Waals surface area contributed by atoms with Crippen LogP contribution < -0.4 is 11.2 Å². The first-order chi connectivity index (χ1) is 11.5. The third-order valence-electron chi connectivity index (χ3n) is 4.52. The fourth-order valence-electron chi connectivity index (χ4n) is 3.18. The van der Waals surface area contributed by atoms with Gasteiger partial charge < -0.3 is 4.74 Å². The van der Waals surface area contributed by atoms with Gasteiger partial charge in [0.1, 0.15) is 0 Å². The van der Waals surface area contributed by atoms with Crippen LogP contribution in [0.1, 0.15) is 24.3 Å². The summed E-state index contributed by atoms with van der Waals surface area (Å²) in [6, 6.07) is 11.7. The summed E-state index contributed by atoms with van der Waals surface area (Å²) in [4.78, 5) is 26.2. The molecule has 1 fully saturated rings. The van der Waals surface area contributed by atoms with E-state index >= 15 is 0 Å². The Bertz CT molecular complexity index is 826. The summed E-state index contributed by atoms with van der Waals surface area (Å²) >= 11 is 0. The van der Waals surface area contributed by atoms with Gasteiger partial charge >= 0.3 is 5.69 Å². The molecule has 1 aliphatic rings. The van der Waals surface area contributed by atoms with E-state index in [1.165, 1.54) is 7.05 Å². The normalized spacial score (nSPS) is 21.8. The molecule has 1 aromatic heterocycles. The molecule has 0 bridgehead atoms. The molecule has 0 spiro atoms. The van der Waals surface area contributed by atoms with Gasteiger partial charge in [-0.1, -0.05) is 30.3 Å². The van der Waals surface area contributed by atoms with Crippen LogP contribution in [0.25, 0.3) is 0 Å². The minimum atomic E-state index is -0.293. The Hall–Kier alpha value is -2.18. The summed E-state index contributed by atoms with van der Waals surface area (Å²) in [6.45, 7) is 4.11. The van der Waals surface area contributed by atoms with Crippen LogP contribution in [-0.4, -0.2) is 33.2 Å². The summed E-state index contributed by atoms with van der Waals surface area (Å²) in [6.07, 6.45) is 0.0889. The highest BCUT2D eigenvalue weighted by Gasteiger charge is 2.27. The number of hydrogen-bond donors (Lipinski definition) is 0. The van der Waals surface area contributed by atoms with E-state index in [9.17, 15) is 9.59 Å². The molecule has 2 heterocycles. The molecular formula is C18H23N3O3. The van der Waals surface area contributed by atoms with Crippen LogP contribution in [0.4, 0.5) is 0 Å². The van der Waals surface area contributed by atoms with Crippen molar-refractivity contribution in [2.75, 3.05) is 13.1 Å². The standard InChI is InChI=1S/C18H23N3O3/c1-13-10-21(12-16(24-13)14-7-5-4-6-8-14)11-15-9-17(22)20(3)18(23)19(15)2/h4-9,13,16H,10-12H2,1-3H3. The lowest BCUT2D eigenvalue weighted by Gasteiger charge is -2.37. The monoisotopic (exact) mass is 329 g/mol. The molecule has 1 saturated heterocycles. The van der Waals surface area contributed by atoms with E-state index < -0.39 is 0 Å². The van der Waals surface area contributed by atoms with Gasteiger partial charge in [-0.2, -0.15) is 0 Å². The maximum Gasteiger partial charge on any atom is 0.330 e. The van der Waals surface area contributed by atoms with Gasteiger partial charge in [0, 0.05) is 45.5 Å². The first kappa shape index (κ1) is 16.7. The second kappa shape index (κ2) is 6.75. The van der Waals surface area contributed by atoms with Crippen LogP contribution in [0.2, 0.25) is 0 Å². The predicted molar refractivity (Wildman–Crippen MR) is 91.9 cm³/mol. The number of benzene rings is 1. The lowest BCUT2D eigenvalue weighted by atomic mass is 10.1. The third-order valence-corrected chi connectivity index (χ3v) is 4.52. The highest BCUT2D eigenvalue weighted by Crippen LogP contribution is 2.25. The number of nitrogens with zero attached hydrogens (tertiary/aromatic N) is 3. The molecule has 3 rings (SSSR count). The van der Waals surface area contributed by atoms with E-state index in [-0.39, 0.29) is 23.5 Å². The predicted octanol–water partition coefficient (Wildman–Crippen LogP) is 1.05. The zero-order valence-electron chi connectivity index (χ0n) is 14.3. The van der Waals surface area contributed by atoms with Crippen molar-refractivity contribution in [3.63, 3.8) is 0 Å². The second-order valence-corrected chi connectivity index (χ2v) is 6.41. The van der Waals surface area contributed by atoms with Crippen LogP contribution in [-0.2, 0) is 25.4 Å². The van der Waals surface area contributed by atoms with Crippen molar-refractivity contribution in [1.82, 2.24) is 14.0 Å². The lowest BCUT2D eigenvalue weighted by Crippen LogP contribution is -2.44. The van der Waals surface area contributed by atoms with Crippen LogP contribution in [0.5, 0.6) is 0 Å². The van der Waals surface area contributed by atoms with Crippen molar-refractivity contribution in [3.8, 4) is 0 Å². The van der Waals surface area contributed by atoms with E-state index in [1.54, 1.807) is 17.7 Å². The molecular weight excluding hydrogens is 306 g/mol. The molecule has 2 unspecified atom stereocenters. The molecule has 0 N–H and O–H groups in total. The van der Waals surface area contributed by atoms with E-state index in [1.807, 2.05) is 25.1 Å². The van der Waals surface area contributed by atoms with Crippen molar-refractivity contribution in [3.05, 3.63) is 68.5 Å². The fraction of sp³-hybridized carbons (Fsp3) is 0.444. The molecule has 2 aromatic rings. The minimum absolute atomic E-state index is 0.00137. The number of aromatic nitrogens is 2. The van der Waals surface area contributed by atoms with E-state index in [0.717, 1.165) is 28.9 Å². The lowest BCUT2D eigenvalue weighted by molar-refractivity contribution is -0.0819. The molecule has 128 valence electrons. The number of hydrogen-bond acceptors (Lipinski definition) is 4. The maximum atomic E-state index is 12.1. The van der Waals surface area contributed by atoms with Gasteiger partial charge in [-0.15, -0.1) is 0 Å². The largest absolute Gasteiger partial charge is 0.368 e. The highest BCUT2D eigenvalue weighted by atomic mass is 16.5. The van der Waals surface area contributed by atoms with E-state index in [2.05, 4.69) is 17.0 Å². The average molecular weight is 329 g/mol. The number of morpholine rings is 1. The van der Waals surface area contributed by atoms with Crippen molar-refractivity contribution in [1.29, 1.82) is 0 Å². The van der Waals surface area contributed by atoms with Gasteiger partial charge in [-0.3, -0.25) is 18.8 Å². The smallest absolute Gasteiger partial charge is 0.330 e. The molecule has 6 heteroatoms. The molecule has 0 saturated carbocycles. The van der Waals surface area contributed by atoms with Crippen LogP contribution in [0, 0.1) is 0 Å². The summed E-state index contributed by atoms with van der Waals surface area (Å²) in [5.41, 5.74) is 1.31. The summed E-state index contributed by atoms with van der Waals surface area (Å²) in [5.74, 6) is 0. The summed E-state index contributed by atoms with van der Waals surface area (Å²) in [5, 5.41) is 0. The zero-order valence-corrected chi connectivity index (χ0v) is 14.3. The van der Waals surface area contributed by atoms with Crippen molar-refractivity contribution in [2.24, 2.45) is 14.1 Å². The molecule has 1 aromatic carbocycles. The SMILES string of the molecule is CC1CN(Cc2cc(=O)n(C)c(=O)n2C)CC(c2ccccc2)O1. The summed E-state index contributed by atoms with van der Waals surface area (Å²) < 4.78 is 8.72. The van der Waals surface area contributed by atoms with Gasteiger partial charge in [0.05, 0.1) is 12.2 Å². The first-order valence-electron chi connectivity index (χ1n) is 8.14. The van der Waals surface area contributed by atoms with Gasteiger partial charge in [-0.25, -0.2) is 4.79 Å². The molecule has 1 aliphatic heterocycles. The van der Waals surface area contributed by atoms with Gasteiger partial charge in [0.25, 0.3) is 5.56 Å². The number of ether oxygens (including phenoxy) is 1. The second-order valence-electron chi connectivity index (χ2n) is 6.41. The molecule has 2 atom stereocenters. The van der Waals surface area contributed by atoms with Crippen molar-refractivity contribution >= 4 is 0 Å². The molecule has 6 nitrogen and oxygen atoms in total. The topological polar surface area (TPSA) is 56.5 Å². The molecule has 24 heavy (non-hydrogen) atoms. The minimum Gasteiger partial charge on any atom is -0.368 e. The van der Waals surface area contributed by atoms with Gasteiger partial charge in [0.15, 0.2) is 0 Å². The van der Waals surface area contributed by atoms with Gasteiger partial charge in [-0.05, 0) is 12.5 Å². The Morgan fingerprint density at radius 3 is 2.50 bits per heavy atom.